The zero-order chi connectivity index (χ0) is 13.0. The van der Waals surface area contributed by atoms with Gasteiger partial charge in [0.1, 0.15) is 0 Å². The van der Waals surface area contributed by atoms with E-state index in [1.54, 1.807) is 6.92 Å². The largest absolute Gasteiger partial charge is 0.461 e. The van der Waals surface area contributed by atoms with Crippen molar-refractivity contribution >= 4 is 33.5 Å². The number of hydrogen-bond acceptors (Lipinski definition) is 3. The van der Waals surface area contributed by atoms with Crippen LogP contribution >= 0.6 is 27.5 Å². The topological polar surface area (TPSA) is 39.2 Å². The summed E-state index contributed by atoms with van der Waals surface area (Å²) in [6.07, 6.45) is -2.69. The van der Waals surface area contributed by atoms with Crippen LogP contribution in [0.25, 0.3) is 0 Å². The van der Waals surface area contributed by atoms with Crippen molar-refractivity contribution in [1.82, 2.24) is 4.98 Å². The molecule has 1 rings (SSSR count). The predicted octanol–water partition coefficient (Wildman–Crippen LogP) is 3.70. The molecule has 7 heteroatoms. The number of pyridine rings is 1. The van der Waals surface area contributed by atoms with Gasteiger partial charge in [0.15, 0.2) is 5.69 Å². The Kier molecular flexibility index (Phi) is 5.27. The molecule has 0 saturated carbocycles. The minimum atomic E-state index is -2.69. The van der Waals surface area contributed by atoms with Crippen molar-refractivity contribution in [2.45, 2.75) is 19.2 Å². The molecule has 0 fully saturated rings. The maximum absolute atomic E-state index is 12.6. The Morgan fingerprint density at radius 1 is 1.65 bits per heavy atom. The number of hydrogen-bond donors (Lipinski definition) is 0. The van der Waals surface area contributed by atoms with E-state index in [0.29, 0.717) is 0 Å². The number of esters is 1. The van der Waals surface area contributed by atoms with Crippen LogP contribution in [0.15, 0.2) is 10.5 Å². The summed E-state index contributed by atoms with van der Waals surface area (Å²) in [6, 6.07) is 1.14. The van der Waals surface area contributed by atoms with Gasteiger partial charge in [-0.1, -0.05) is 0 Å². The number of halogens is 4. The van der Waals surface area contributed by atoms with Gasteiger partial charge in [0.2, 0.25) is 0 Å². The van der Waals surface area contributed by atoms with Crippen molar-refractivity contribution in [1.29, 1.82) is 0 Å². The van der Waals surface area contributed by atoms with Gasteiger partial charge in [-0.2, -0.15) is 0 Å². The quantitative estimate of drug-likeness (QED) is 0.625. The normalized spacial score (nSPS) is 10.7. The summed E-state index contributed by atoms with van der Waals surface area (Å²) in [5.74, 6) is -0.870. The van der Waals surface area contributed by atoms with E-state index in [4.69, 9.17) is 16.3 Å². The van der Waals surface area contributed by atoms with Gasteiger partial charge in [-0.25, -0.2) is 18.6 Å². The third-order valence-electron chi connectivity index (χ3n) is 1.92. The fraction of sp³-hybridized carbons (Fsp3) is 0.400. The molecule has 0 amide bonds. The van der Waals surface area contributed by atoms with Gasteiger partial charge >= 0.3 is 5.97 Å². The number of carbonyl (C=O) groups excluding carboxylic acids is 1. The van der Waals surface area contributed by atoms with Crippen LogP contribution < -0.4 is 0 Å². The average molecular weight is 329 g/mol. The Hall–Kier alpha value is -0.750. The molecule has 1 aromatic rings. The highest BCUT2D eigenvalue weighted by Crippen LogP contribution is 2.28. The Labute approximate surface area is 110 Å². The van der Waals surface area contributed by atoms with E-state index in [1.165, 1.54) is 0 Å². The van der Waals surface area contributed by atoms with Gasteiger partial charge in [-0.15, -0.1) is 11.6 Å². The molecular formula is C10H9BrClF2NO2. The first-order chi connectivity index (χ1) is 8.01. The van der Waals surface area contributed by atoms with Gasteiger partial charge in [0.25, 0.3) is 6.43 Å². The lowest BCUT2D eigenvalue weighted by Crippen LogP contribution is -2.11. The summed E-state index contributed by atoms with van der Waals surface area (Å²) in [6.45, 7) is 1.82. The molecule has 1 aromatic heterocycles. The molecule has 0 spiro atoms. The summed E-state index contributed by atoms with van der Waals surface area (Å²) in [4.78, 5) is 15.3. The van der Waals surface area contributed by atoms with Crippen LogP contribution in [0.4, 0.5) is 8.78 Å². The minimum absolute atomic E-state index is 0.0204. The summed E-state index contributed by atoms with van der Waals surface area (Å²) in [5.41, 5.74) is -0.361. The number of ether oxygens (including phenoxy) is 1. The van der Waals surface area contributed by atoms with Gasteiger partial charge in [-0.3, -0.25) is 0 Å². The van der Waals surface area contributed by atoms with E-state index >= 15 is 0 Å². The van der Waals surface area contributed by atoms with E-state index in [-0.39, 0.29) is 33.9 Å². The monoisotopic (exact) mass is 327 g/mol. The number of rotatable bonds is 4. The molecule has 3 nitrogen and oxygen atoms in total. The zero-order valence-electron chi connectivity index (χ0n) is 8.84. The van der Waals surface area contributed by atoms with E-state index in [9.17, 15) is 13.6 Å². The molecular weight excluding hydrogens is 319 g/mol. The van der Waals surface area contributed by atoms with Gasteiger partial charge in [0, 0.05) is 5.56 Å². The number of aromatic nitrogens is 1. The molecule has 0 aromatic carbocycles. The molecule has 0 aliphatic heterocycles. The summed E-state index contributed by atoms with van der Waals surface area (Å²) in [5, 5.41) is 0. The highest BCUT2D eigenvalue weighted by Gasteiger charge is 2.20. The molecule has 0 atom stereocenters. The first kappa shape index (κ1) is 14.3. The van der Waals surface area contributed by atoms with Crippen molar-refractivity contribution in [2.75, 3.05) is 6.61 Å². The fourth-order valence-electron chi connectivity index (χ4n) is 1.18. The summed E-state index contributed by atoms with van der Waals surface area (Å²) >= 11 is 8.53. The van der Waals surface area contributed by atoms with Crippen molar-refractivity contribution in [3.8, 4) is 0 Å². The zero-order valence-corrected chi connectivity index (χ0v) is 11.2. The average Bonchev–Trinajstić information content (AvgIpc) is 2.28. The van der Waals surface area contributed by atoms with E-state index in [0.717, 1.165) is 6.07 Å². The van der Waals surface area contributed by atoms with Crippen LogP contribution in [-0.2, 0) is 10.6 Å². The highest BCUT2D eigenvalue weighted by atomic mass is 79.9. The molecule has 1 heterocycles. The lowest BCUT2D eigenvalue weighted by atomic mass is 10.2. The van der Waals surface area contributed by atoms with E-state index < -0.39 is 12.4 Å². The standard InChI is InChI=1S/C10H9BrClF2NO2/c1-2-17-10(16)8-6(11)3-5(9(13)14)7(4-12)15-8/h3,9H,2,4H2,1H3. The molecule has 0 radical (unpaired) electrons. The second kappa shape index (κ2) is 6.26. The number of alkyl halides is 3. The molecule has 0 N–H and O–H groups in total. The van der Waals surface area contributed by atoms with Gasteiger partial charge < -0.3 is 4.74 Å². The summed E-state index contributed by atoms with van der Waals surface area (Å²) < 4.78 is 30.2. The van der Waals surface area contributed by atoms with Crippen LogP contribution in [0.2, 0.25) is 0 Å². The molecule has 94 valence electrons. The van der Waals surface area contributed by atoms with Crippen molar-refractivity contribution in [2.24, 2.45) is 0 Å². The van der Waals surface area contributed by atoms with Crippen LogP contribution in [0.3, 0.4) is 0 Å². The SMILES string of the molecule is CCOC(=O)c1nc(CCl)c(C(F)F)cc1Br. The predicted molar refractivity (Wildman–Crippen MR) is 62.4 cm³/mol. The van der Waals surface area contributed by atoms with Crippen LogP contribution in [0, 0.1) is 0 Å². The number of nitrogens with zero attached hydrogens (tertiary/aromatic N) is 1. The van der Waals surface area contributed by atoms with Crippen molar-refractivity contribution < 1.29 is 18.3 Å². The Balaban J connectivity index is 3.22. The third kappa shape index (κ3) is 3.35. The third-order valence-corrected chi connectivity index (χ3v) is 2.78. The Morgan fingerprint density at radius 3 is 2.76 bits per heavy atom. The lowest BCUT2D eigenvalue weighted by molar-refractivity contribution is 0.0517. The fourth-order valence-corrected chi connectivity index (χ4v) is 1.89. The molecule has 0 saturated heterocycles. The van der Waals surface area contributed by atoms with Gasteiger partial charge in [0.05, 0.1) is 22.7 Å². The maximum atomic E-state index is 12.6. The molecule has 0 aliphatic rings. The highest BCUT2D eigenvalue weighted by molar-refractivity contribution is 9.10. The van der Waals surface area contributed by atoms with Crippen LogP contribution in [-0.4, -0.2) is 17.6 Å². The van der Waals surface area contributed by atoms with Gasteiger partial charge in [-0.05, 0) is 28.9 Å². The molecule has 0 bridgehead atoms. The lowest BCUT2D eigenvalue weighted by Gasteiger charge is -2.09. The Morgan fingerprint density at radius 2 is 2.29 bits per heavy atom. The molecule has 0 aliphatic carbocycles. The Bertz CT molecular complexity index is 429. The van der Waals surface area contributed by atoms with Crippen molar-refractivity contribution in [3.63, 3.8) is 0 Å². The summed E-state index contributed by atoms with van der Waals surface area (Å²) in [7, 11) is 0. The first-order valence-corrected chi connectivity index (χ1v) is 6.04. The van der Waals surface area contributed by atoms with Crippen LogP contribution in [0.5, 0.6) is 0 Å². The first-order valence-electron chi connectivity index (χ1n) is 4.71. The minimum Gasteiger partial charge on any atom is -0.461 e. The smallest absolute Gasteiger partial charge is 0.358 e. The van der Waals surface area contributed by atoms with E-state index in [1.807, 2.05) is 0 Å². The van der Waals surface area contributed by atoms with E-state index in [2.05, 4.69) is 20.9 Å². The molecule has 17 heavy (non-hydrogen) atoms. The van der Waals surface area contributed by atoms with Crippen molar-refractivity contribution in [3.05, 3.63) is 27.5 Å². The maximum Gasteiger partial charge on any atom is 0.358 e. The molecule has 0 unspecified atom stereocenters. The second-order valence-electron chi connectivity index (χ2n) is 3.01. The van der Waals surface area contributed by atoms with Crippen LogP contribution in [0.1, 0.15) is 35.1 Å². The second-order valence-corrected chi connectivity index (χ2v) is 4.13. The number of carbonyl (C=O) groups is 1.